The molecular weight excluding hydrogens is 324 g/mol. The fourth-order valence-electron chi connectivity index (χ4n) is 3.84. The predicted octanol–water partition coefficient (Wildman–Crippen LogP) is 8.39. The van der Waals surface area contributed by atoms with Gasteiger partial charge in [0.2, 0.25) is 0 Å². The summed E-state index contributed by atoms with van der Waals surface area (Å²) in [5.41, 5.74) is 9.77. The normalized spacial score (nSPS) is 11.6. The molecule has 0 bridgehead atoms. The summed E-state index contributed by atoms with van der Waals surface area (Å²) < 4.78 is 0. The van der Waals surface area contributed by atoms with Crippen molar-refractivity contribution in [3.8, 4) is 22.3 Å². The average molecular weight is 357 g/mol. The van der Waals surface area contributed by atoms with E-state index < -0.39 is 0 Å². The Morgan fingerprint density at radius 3 is 1.48 bits per heavy atom. The van der Waals surface area contributed by atoms with E-state index in [1.54, 1.807) is 0 Å². The topological polar surface area (TPSA) is 0 Å². The van der Waals surface area contributed by atoms with Gasteiger partial charge < -0.3 is 0 Å². The van der Waals surface area contributed by atoms with Gasteiger partial charge in [-0.15, -0.1) is 0 Å². The summed E-state index contributed by atoms with van der Waals surface area (Å²) in [5.74, 6) is 1.51. The van der Waals surface area contributed by atoms with Crippen LogP contribution in [-0.4, -0.2) is 0 Å². The van der Waals surface area contributed by atoms with Gasteiger partial charge in [-0.3, -0.25) is 0 Å². The van der Waals surface area contributed by atoms with Crippen molar-refractivity contribution in [2.24, 2.45) is 0 Å². The summed E-state index contributed by atoms with van der Waals surface area (Å²) in [5, 5.41) is 0. The SMILES string of the molecule is CC(C)c1cc(C(C)C)c(-c2ccccc2-c2ccccc2)c(C(C)C)c1. The second-order valence-corrected chi connectivity index (χ2v) is 8.45. The minimum absolute atomic E-state index is 0.486. The first-order valence-electron chi connectivity index (χ1n) is 10.2. The van der Waals surface area contributed by atoms with Crippen LogP contribution in [0.1, 0.15) is 76.0 Å². The zero-order valence-electron chi connectivity index (χ0n) is 17.6. The highest BCUT2D eigenvalue weighted by Crippen LogP contribution is 2.42. The van der Waals surface area contributed by atoms with Gasteiger partial charge in [0.1, 0.15) is 0 Å². The van der Waals surface area contributed by atoms with Crippen LogP contribution in [0.4, 0.5) is 0 Å². The summed E-state index contributed by atoms with van der Waals surface area (Å²) in [6, 6.07) is 24.5. The van der Waals surface area contributed by atoms with E-state index in [-0.39, 0.29) is 0 Å². The molecule has 140 valence electrons. The number of hydrogen-bond acceptors (Lipinski definition) is 0. The second kappa shape index (κ2) is 8.13. The smallest absolute Gasteiger partial charge is 0.00997 e. The molecule has 0 saturated heterocycles. The Labute approximate surface area is 165 Å². The first-order valence-corrected chi connectivity index (χ1v) is 10.2. The third-order valence-corrected chi connectivity index (χ3v) is 5.41. The first-order chi connectivity index (χ1) is 12.9. The minimum atomic E-state index is 0.486. The molecule has 3 rings (SSSR count). The van der Waals surface area contributed by atoms with Crippen molar-refractivity contribution in [1.29, 1.82) is 0 Å². The first kappa shape index (κ1) is 19.4. The van der Waals surface area contributed by atoms with Crippen molar-refractivity contribution in [2.75, 3.05) is 0 Å². The van der Waals surface area contributed by atoms with Crippen molar-refractivity contribution in [3.05, 3.63) is 83.4 Å². The molecule has 0 saturated carbocycles. The van der Waals surface area contributed by atoms with E-state index >= 15 is 0 Å². The number of hydrogen-bond donors (Lipinski definition) is 0. The van der Waals surface area contributed by atoms with Crippen molar-refractivity contribution in [3.63, 3.8) is 0 Å². The van der Waals surface area contributed by atoms with E-state index in [9.17, 15) is 0 Å². The van der Waals surface area contributed by atoms with Gasteiger partial charge in [-0.2, -0.15) is 0 Å². The maximum Gasteiger partial charge on any atom is -0.00997 e. The molecule has 0 heterocycles. The highest BCUT2D eigenvalue weighted by atomic mass is 14.2. The summed E-state index contributed by atoms with van der Waals surface area (Å²) in [4.78, 5) is 0. The van der Waals surface area contributed by atoms with Crippen LogP contribution in [0.25, 0.3) is 22.3 Å². The quantitative estimate of drug-likeness (QED) is 0.430. The van der Waals surface area contributed by atoms with E-state index in [2.05, 4.69) is 108 Å². The van der Waals surface area contributed by atoms with Crippen LogP contribution < -0.4 is 0 Å². The highest BCUT2D eigenvalue weighted by Gasteiger charge is 2.20. The largest absolute Gasteiger partial charge is 0.0622 e. The van der Waals surface area contributed by atoms with Crippen molar-refractivity contribution < 1.29 is 0 Å². The van der Waals surface area contributed by atoms with Gasteiger partial charge in [0, 0.05) is 0 Å². The van der Waals surface area contributed by atoms with Crippen LogP contribution in [0.15, 0.2) is 66.7 Å². The maximum atomic E-state index is 2.44. The molecule has 0 fully saturated rings. The summed E-state index contributed by atoms with van der Waals surface area (Å²) >= 11 is 0. The zero-order chi connectivity index (χ0) is 19.6. The van der Waals surface area contributed by atoms with Crippen LogP contribution >= 0.6 is 0 Å². The summed E-state index contributed by atoms with van der Waals surface area (Å²) in [7, 11) is 0. The molecule has 0 amide bonds. The van der Waals surface area contributed by atoms with Crippen LogP contribution in [0.5, 0.6) is 0 Å². The molecule has 0 aliphatic heterocycles. The molecule has 3 aromatic rings. The summed E-state index contributed by atoms with van der Waals surface area (Å²) in [6.45, 7) is 13.9. The second-order valence-electron chi connectivity index (χ2n) is 8.45. The third kappa shape index (κ3) is 4.00. The van der Waals surface area contributed by atoms with Gasteiger partial charge >= 0.3 is 0 Å². The monoisotopic (exact) mass is 356 g/mol. The Bertz CT molecular complexity index is 869. The fraction of sp³-hybridized carbons (Fsp3) is 0.333. The lowest BCUT2D eigenvalue weighted by Crippen LogP contribution is -2.04. The third-order valence-electron chi connectivity index (χ3n) is 5.41. The lowest BCUT2D eigenvalue weighted by atomic mass is 9.80. The lowest BCUT2D eigenvalue weighted by Gasteiger charge is -2.24. The van der Waals surface area contributed by atoms with E-state index in [1.165, 1.54) is 38.9 Å². The lowest BCUT2D eigenvalue weighted by molar-refractivity contribution is 0.807. The molecule has 0 atom stereocenters. The van der Waals surface area contributed by atoms with Crippen LogP contribution in [0.3, 0.4) is 0 Å². The Morgan fingerprint density at radius 2 is 1.00 bits per heavy atom. The van der Waals surface area contributed by atoms with Crippen LogP contribution in [-0.2, 0) is 0 Å². The molecular formula is C27H32. The van der Waals surface area contributed by atoms with Gasteiger partial charge in [0.05, 0.1) is 0 Å². The van der Waals surface area contributed by atoms with Crippen molar-refractivity contribution >= 4 is 0 Å². The molecule has 0 N–H and O–H groups in total. The summed E-state index contributed by atoms with van der Waals surface area (Å²) in [6.07, 6.45) is 0. The zero-order valence-corrected chi connectivity index (χ0v) is 17.6. The molecule has 0 aliphatic carbocycles. The van der Waals surface area contributed by atoms with Gasteiger partial charge in [-0.25, -0.2) is 0 Å². The molecule has 0 spiro atoms. The molecule has 0 radical (unpaired) electrons. The van der Waals surface area contributed by atoms with Gasteiger partial charge in [-0.05, 0) is 56.7 Å². The molecule has 3 aromatic carbocycles. The van der Waals surface area contributed by atoms with E-state index in [4.69, 9.17) is 0 Å². The molecule has 0 aromatic heterocycles. The van der Waals surface area contributed by atoms with E-state index in [0.717, 1.165) is 0 Å². The highest BCUT2D eigenvalue weighted by molar-refractivity contribution is 5.87. The van der Waals surface area contributed by atoms with Gasteiger partial charge in [0.15, 0.2) is 0 Å². The minimum Gasteiger partial charge on any atom is -0.0622 e. The van der Waals surface area contributed by atoms with Crippen LogP contribution in [0.2, 0.25) is 0 Å². The van der Waals surface area contributed by atoms with Crippen molar-refractivity contribution in [1.82, 2.24) is 0 Å². The fourth-order valence-corrected chi connectivity index (χ4v) is 3.84. The van der Waals surface area contributed by atoms with Crippen LogP contribution in [0, 0.1) is 0 Å². The molecule has 0 nitrogen and oxygen atoms in total. The maximum absolute atomic E-state index is 2.44. The molecule has 0 aliphatic rings. The van der Waals surface area contributed by atoms with Gasteiger partial charge in [0.25, 0.3) is 0 Å². The Balaban J connectivity index is 2.35. The number of rotatable bonds is 5. The number of benzene rings is 3. The molecule has 0 unspecified atom stereocenters. The standard InChI is InChI=1S/C27H32/c1-18(2)22-16-25(19(3)4)27(26(17-22)20(5)6)24-15-11-10-14-23(24)21-12-8-7-9-13-21/h7-20H,1-6H3. The molecule has 27 heavy (non-hydrogen) atoms. The molecule has 0 heteroatoms. The van der Waals surface area contributed by atoms with Crippen molar-refractivity contribution in [2.45, 2.75) is 59.3 Å². The average Bonchev–Trinajstić information content (AvgIpc) is 2.67. The Kier molecular flexibility index (Phi) is 5.85. The van der Waals surface area contributed by atoms with E-state index in [0.29, 0.717) is 17.8 Å². The van der Waals surface area contributed by atoms with E-state index in [1.807, 2.05) is 0 Å². The Hall–Kier alpha value is -2.34. The van der Waals surface area contributed by atoms with Gasteiger partial charge in [-0.1, -0.05) is 108 Å². The predicted molar refractivity (Wildman–Crippen MR) is 120 cm³/mol. The Morgan fingerprint density at radius 1 is 0.519 bits per heavy atom.